The van der Waals surface area contributed by atoms with Crippen LogP contribution in [0, 0.1) is 29.4 Å². The Labute approximate surface area is 223 Å². The summed E-state index contributed by atoms with van der Waals surface area (Å²) in [6.07, 6.45) is 2.40. The molecule has 3 aliphatic rings. The van der Waals surface area contributed by atoms with Gasteiger partial charge in [0.1, 0.15) is 5.82 Å². The minimum atomic E-state index is -4.02. The van der Waals surface area contributed by atoms with E-state index in [2.05, 4.69) is 15.3 Å². The minimum Gasteiger partial charge on any atom is -0.390 e. The van der Waals surface area contributed by atoms with Crippen molar-refractivity contribution in [2.24, 2.45) is 17.8 Å². The first-order valence-electron chi connectivity index (χ1n) is 12.1. The fourth-order valence-electron chi connectivity index (χ4n) is 6.07. The molecule has 0 saturated heterocycles. The molecule has 3 atom stereocenters. The van der Waals surface area contributed by atoms with Crippen molar-refractivity contribution in [3.05, 3.63) is 76.8 Å². The molecule has 3 unspecified atom stereocenters. The predicted octanol–water partition coefficient (Wildman–Crippen LogP) is 3.75. The fourth-order valence-corrected chi connectivity index (χ4v) is 8.42. The van der Waals surface area contributed by atoms with Crippen LogP contribution in [0.4, 0.5) is 14.5 Å². The second kappa shape index (κ2) is 9.71. The molecular weight excluding hydrogens is 540 g/mol. The number of halogens is 3. The number of rotatable bonds is 7. The van der Waals surface area contributed by atoms with Crippen LogP contribution in [0.15, 0.2) is 53.7 Å². The van der Waals surface area contributed by atoms with Crippen molar-refractivity contribution in [2.45, 2.75) is 48.0 Å². The molecule has 0 aliphatic heterocycles. The second-order valence-corrected chi connectivity index (χ2v) is 12.7. The Morgan fingerprint density at radius 1 is 1.21 bits per heavy atom. The number of benzene rings is 2. The molecule has 8 nitrogen and oxygen atoms in total. The number of aromatic nitrogens is 2. The Balaban J connectivity index is 1.35. The first-order chi connectivity index (χ1) is 17.9. The maximum atomic E-state index is 13.7. The Bertz CT molecular complexity index is 1470. The second-order valence-electron chi connectivity index (χ2n) is 10.1. The Morgan fingerprint density at radius 2 is 1.92 bits per heavy atom. The quantitative estimate of drug-likeness (QED) is 0.345. The van der Waals surface area contributed by atoms with Gasteiger partial charge in [-0.1, -0.05) is 18.5 Å². The lowest BCUT2D eigenvalue weighted by atomic mass is 9.46. The van der Waals surface area contributed by atoms with Gasteiger partial charge in [-0.25, -0.2) is 22.2 Å². The summed E-state index contributed by atoms with van der Waals surface area (Å²) in [6.45, 7) is 1.93. The van der Waals surface area contributed by atoms with Gasteiger partial charge < -0.3 is 20.5 Å². The van der Waals surface area contributed by atoms with E-state index in [0.29, 0.717) is 5.82 Å². The van der Waals surface area contributed by atoms with Gasteiger partial charge in [0.15, 0.2) is 21.5 Å². The van der Waals surface area contributed by atoms with Crippen LogP contribution in [-0.2, 0) is 16.3 Å². The van der Waals surface area contributed by atoms with Gasteiger partial charge in [-0.15, -0.1) is 0 Å². The topological polar surface area (TPSA) is 132 Å². The Kier molecular flexibility index (Phi) is 6.83. The van der Waals surface area contributed by atoms with Crippen molar-refractivity contribution in [3.8, 4) is 0 Å². The molecule has 4 N–H and O–H groups in total. The van der Waals surface area contributed by atoms with E-state index in [-0.39, 0.29) is 46.3 Å². The molecule has 38 heavy (non-hydrogen) atoms. The number of aliphatic hydroxyl groups excluding tert-OH is 1. The third kappa shape index (κ3) is 4.41. The number of H-pyrrole nitrogens is 1. The molecule has 0 radical (unpaired) electrons. The number of hydrogen-bond acceptors (Lipinski definition) is 6. The monoisotopic (exact) mass is 565 g/mol. The van der Waals surface area contributed by atoms with Crippen molar-refractivity contribution in [2.75, 3.05) is 5.32 Å². The van der Waals surface area contributed by atoms with E-state index in [1.807, 2.05) is 6.92 Å². The highest BCUT2D eigenvalue weighted by atomic mass is 35.5. The van der Waals surface area contributed by atoms with Crippen molar-refractivity contribution in [3.63, 3.8) is 0 Å². The number of hydrogen-bond donors (Lipinski definition) is 4. The normalized spacial score (nSPS) is 27.4. The SMILES string of the molecule is CC1C2CC(S(=O)(=O)c3cc(C(=O)Nc4ccc(F)c(F)c4)ccc3Cl)CC1C2(O)C(O)Cc1ncc[nH]1. The molecule has 1 aromatic heterocycles. The molecule has 1 heterocycles. The number of carbonyl (C=O) groups is 1. The van der Waals surface area contributed by atoms with E-state index in [0.717, 1.165) is 18.2 Å². The van der Waals surface area contributed by atoms with Gasteiger partial charge >= 0.3 is 0 Å². The van der Waals surface area contributed by atoms with Gasteiger partial charge in [-0.05, 0) is 60.9 Å². The van der Waals surface area contributed by atoms with E-state index in [1.54, 1.807) is 12.4 Å². The highest BCUT2D eigenvalue weighted by molar-refractivity contribution is 7.92. The van der Waals surface area contributed by atoms with Crippen molar-refractivity contribution >= 4 is 33.0 Å². The third-order valence-corrected chi connectivity index (χ3v) is 10.7. The van der Waals surface area contributed by atoms with E-state index in [1.165, 1.54) is 18.2 Å². The summed E-state index contributed by atoms with van der Waals surface area (Å²) in [6, 6.07) is 6.66. The number of aliphatic hydroxyl groups is 2. The van der Waals surface area contributed by atoms with Crippen LogP contribution in [0.3, 0.4) is 0 Å². The highest BCUT2D eigenvalue weighted by Crippen LogP contribution is 2.60. The molecule has 3 saturated carbocycles. The maximum absolute atomic E-state index is 13.7. The number of amides is 1. The van der Waals surface area contributed by atoms with E-state index in [9.17, 15) is 32.2 Å². The van der Waals surface area contributed by atoms with E-state index >= 15 is 0 Å². The smallest absolute Gasteiger partial charge is 0.255 e. The molecule has 202 valence electrons. The molecule has 3 fully saturated rings. The van der Waals surface area contributed by atoms with Crippen molar-refractivity contribution in [1.82, 2.24) is 9.97 Å². The van der Waals surface area contributed by atoms with Gasteiger partial charge in [-0.2, -0.15) is 0 Å². The van der Waals surface area contributed by atoms with Gasteiger partial charge in [0.25, 0.3) is 5.91 Å². The molecule has 0 spiro atoms. The van der Waals surface area contributed by atoms with Crippen molar-refractivity contribution < 1.29 is 32.2 Å². The predicted molar refractivity (Wildman–Crippen MR) is 135 cm³/mol. The molecule has 12 heteroatoms. The molecule has 6 rings (SSSR count). The van der Waals surface area contributed by atoms with E-state index < -0.39 is 56.2 Å². The summed E-state index contributed by atoms with van der Waals surface area (Å²) >= 11 is 6.26. The Hall–Kier alpha value is -2.86. The van der Waals surface area contributed by atoms with Gasteiger partial charge in [-0.3, -0.25) is 4.79 Å². The summed E-state index contributed by atoms with van der Waals surface area (Å²) in [5.74, 6) is -3.29. The average Bonchev–Trinajstić information content (AvgIpc) is 3.39. The molecular formula is C26H26ClF2N3O5S. The number of carbonyl (C=O) groups excluding carboxylic acids is 1. The lowest BCUT2D eigenvalue weighted by Gasteiger charge is -2.64. The van der Waals surface area contributed by atoms with Crippen LogP contribution in [0.25, 0.3) is 0 Å². The summed E-state index contributed by atoms with van der Waals surface area (Å²) in [4.78, 5) is 19.5. The standard InChI is InChI=1S/C26H26ClF2N3O5S/c1-13-17-10-16(11-18(13)26(17,35)23(33)12-24-30-6-7-31-24)38(36,37)22-8-14(2-4-19(22)27)25(34)32-15-3-5-20(28)21(29)9-15/h2-9,13,16-18,23,33,35H,10-12H2,1H3,(H,30,31)(H,32,34). The summed E-state index contributed by atoms with van der Waals surface area (Å²) in [7, 11) is -4.02. The number of nitrogens with one attached hydrogen (secondary N) is 2. The van der Waals surface area contributed by atoms with Gasteiger partial charge in [0.05, 0.1) is 26.9 Å². The van der Waals surface area contributed by atoms with Crippen LogP contribution in [-0.4, -0.2) is 51.5 Å². The zero-order chi connectivity index (χ0) is 27.4. The number of sulfone groups is 1. The zero-order valence-electron chi connectivity index (χ0n) is 20.2. The molecule has 1 amide bonds. The van der Waals surface area contributed by atoms with Gasteiger partial charge in [0.2, 0.25) is 0 Å². The number of aromatic amines is 1. The molecule has 3 aromatic rings. The minimum absolute atomic E-state index is 0.00186. The number of nitrogens with zero attached hydrogens (tertiary/aromatic N) is 1. The lowest BCUT2D eigenvalue weighted by Crippen LogP contribution is -2.72. The number of fused-ring (bicyclic) bond motifs is 2. The summed E-state index contributed by atoms with van der Waals surface area (Å²) in [5.41, 5.74) is -1.46. The van der Waals surface area contributed by atoms with Crippen LogP contribution >= 0.6 is 11.6 Å². The average molecular weight is 566 g/mol. The van der Waals surface area contributed by atoms with Crippen LogP contribution in [0.5, 0.6) is 0 Å². The molecule has 3 aliphatic carbocycles. The molecule has 2 aromatic carbocycles. The highest BCUT2D eigenvalue weighted by Gasteiger charge is 2.67. The Morgan fingerprint density at radius 3 is 2.55 bits per heavy atom. The van der Waals surface area contributed by atoms with Crippen LogP contribution < -0.4 is 5.32 Å². The van der Waals surface area contributed by atoms with Gasteiger partial charge in [0, 0.05) is 36.1 Å². The first kappa shape index (κ1) is 26.7. The summed E-state index contributed by atoms with van der Waals surface area (Å²) in [5, 5.41) is 23.8. The van der Waals surface area contributed by atoms with Crippen molar-refractivity contribution in [1.29, 1.82) is 0 Å². The third-order valence-electron chi connectivity index (χ3n) is 8.08. The first-order valence-corrected chi connectivity index (χ1v) is 14.0. The van der Waals surface area contributed by atoms with E-state index in [4.69, 9.17) is 11.6 Å². The lowest BCUT2D eigenvalue weighted by molar-refractivity contribution is -0.263. The largest absolute Gasteiger partial charge is 0.390 e. The van der Waals surface area contributed by atoms with Crippen LogP contribution in [0.1, 0.15) is 35.9 Å². The maximum Gasteiger partial charge on any atom is 0.255 e. The van der Waals surface area contributed by atoms with Crippen LogP contribution in [0.2, 0.25) is 5.02 Å². The fraction of sp³-hybridized carbons (Fsp3) is 0.385. The number of anilines is 1. The molecule has 2 bridgehead atoms. The summed E-state index contributed by atoms with van der Waals surface area (Å²) < 4.78 is 54.0. The number of imidazole rings is 1. The zero-order valence-corrected chi connectivity index (χ0v) is 21.8.